The van der Waals surface area contributed by atoms with Gasteiger partial charge >= 0.3 is 5.97 Å². The molecule has 0 radical (unpaired) electrons. The van der Waals surface area contributed by atoms with Crippen LogP contribution in [0.1, 0.15) is 50.5 Å². The first-order valence-corrected chi connectivity index (χ1v) is 9.34. The Morgan fingerprint density at radius 1 is 0.897 bits per heavy atom. The summed E-state index contributed by atoms with van der Waals surface area (Å²) in [5.41, 5.74) is 3.69. The van der Waals surface area contributed by atoms with Gasteiger partial charge in [-0.25, -0.2) is 4.79 Å². The Kier molecular flexibility index (Phi) is 5.73. The standard InChI is InChI=1S/C23H23NO5/c1-14-6-7-15(2)24(14)19-13-17(9-10-18(19)23(28)29)20(25)5-3-4-16-8-11-21(26)22(27)12-16/h6-13,26-27H,3-5H2,1-2H3,(H,28,29). The van der Waals surface area contributed by atoms with E-state index in [-0.39, 0.29) is 29.3 Å². The molecule has 3 aromatic rings. The number of phenols is 2. The second-order valence-electron chi connectivity index (χ2n) is 7.09. The number of benzene rings is 2. The number of ketones is 1. The van der Waals surface area contributed by atoms with Crippen molar-refractivity contribution in [2.24, 2.45) is 0 Å². The molecule has 6 heteroatoms. The Hall–Kier alpha value is -3.54. The molecule has 0 saturated carbocycles. The largest absolute Gasteiger partial charge is 0.504 e. The van der Waals surface area contributed by atoms with Gasteiger partial charge in [0.2, 0.25) is 0 Å². The first kappa shape index (κ1) is 20.2. The highest BCUT2D eigenvalue weighted by atomic mass is 16.4. The van der Waals surface area contributed by atoms with E-state index in [1.807, 2.05) is 30.5 Å². The zero-order chi connectivity index (χ0) is 21.1. The van der Waals surface area contributed by atoms with E-state index in [1.54, 1.807) is 18.2 Å². The van der Waals surface area contributed by atoms with E-state index < -0.39 is 5.97 Å². The van der Waals surface area contributed by atoms with Crippen molar-refractivity contribution in [3.63, 3.8) is 0 Å². The highest BCUT2D eigenvalue weighted by Gasteiger charge is 2.17. The Morgan fingerprint density at radius 3 is 2.21 bits per heavy atom. The van der Waals surface area contributed by atoms with E-state index in [2.05, 4.69) is 0 Å². The van der Waals surface area contributed by atoms with E-state index in [4.69, 9.17) is 0 Å². The molecule has 150 valence electrons. The van der Waals surface area contributed by atoms with Gasteiger partial charge in [0.05, 0.1) is 11.3 Å². The molecule has 1 aromatic heterocycles. The summed E-state index contributed by atoms with van der Waals surface area (Å²) in [6.45, 7) is 3.78. The van der Waals surface area contributed by atoms with Crippen molar-refractivity contribution in [3.05, 3.63) is 76.6 Å². The van der Waals surface area contributed by atoms with Crippen molar-refractivity contribution < 1.29 is 24.9 Å². The molecule has 2 aromatic carbocycles. The lowest BCUT2D eigenvalue weighted by Crippen LogP contribution is -2.10. The molecule has 0 aliphatic heterocycles. The topological polar surface area (TPSA) is 99.8 Å². The van der Waals surface area contributed by atoms with Crippen LogP contribution in [-0.2, 0) is 6.42 Å². The van der Waals surface area contributed by atoms with Gasteiger partial charge in [-0.1, -0.05) is 12.1 Å². The number of aromatic hydroxyl groups is 2. The third-order valence-electron chi connectivity index (χ3n) is 4.97. The first-order chi connectivity index (χ1) is 13.8. The first-order valence-electron chi connectivity index (χ1n) is 9.34. The summed E-state index contributed by atoms with van der Waals surface area (Å²) in [5, 5.41) is 28.5. The SMILES string of the molecule is Cc1ccc(C)n1-c1cc(C(=O)CCCc2ccc(O)c(O)c2)ccc1C(=O)O. The number of carbonyl (C=O) groups is 2. The fourth-order valence-corrected chi connectivity index (χ4v) is 3.44. The lowest BCUT2D eigenvalue weighted by Gasteiger charge is -2.14. The molecular formula is C23H23NO5. The number of Topliss-reactive ketones (excluding diaryl/α,β-unsaturated/α-hetero) is 1. The van der Waals surface area contributed by atoms with Crippen LogP contribution in [0.3, 0.4) is 0 Å². The Morgan fingerprint density at radius 2 is 1.59 bits per heavy atom. The number of hydrogen-bond donors (Lipinski definition) is 3. The van der Waals surface area contributed by atoms with E-state index in [1.165, 1.54) is 18.2 Å². The average molecular weight is 393 g/mol. The van der Waals surface area contributed by atoms with Gasteiger partial charge in [0, 0.05) is 23.4 Å². The minimum absolute atomic E-state index is 0.0753. The fourth-order valence-electron chi connectivity index (χ4n) is 3.44. The Labute approximate surface area is 168 Å². The predicted molar refractivity (Wildman–Crippen MR) is 109 cm³/mol. The zero-order valence-corrected chi connectivity index (χ0v) is 16.3. The van der Waals surface area contributed by atoms with E-state index in [0.717, 1.165) is 17.0 Å². The molecule has 3 rings (SSSR count). The van der Waals surface area contributed by atoms with Crippen molar-refractivity contribution in [1.82, 2.24) is 4.57 Å². The molecule has 0 fully saturated rings. The Bertz CT molecular complexity index is 1060. The van der Waals surface area contributed by atoms with Crippen LogP contribution >= 0.6 is 0 Å². The lowest BCUT2D eigenvalue weighted by atomic mass is 10.00. The maximum absolute atomic E-state index is 12.7. The summed E-state index contributed by atoms with van der Waals surface area (Å²) in [6, 6.07) is 13.1. The van der Waals surface area contributed by atoms with Gasteiger partial charge in [0.25, 0.3) is 0 Å². The molecule has 1 heterocycles. The van der Waals surface area contributed by atoms with Gasteiger partial charge in [0.15, 0.2) is 17.3 Å². The van der Waals surface area contributed by atoms with Gasteiger partial charge in [-0.3, -0.25) is 4.79 Å². The Balaban J connectivity index is 1.79. The molecule has 0 atom stereocenters. The van der Waals surface area contributed by atoms with Crippen molar-refractivity contribution in [3.8, 4) is 17.2 Å². The fraction of sp³-hybridized carbons (Fsp3) is 0.217. The molecule has 0 unspecified atom stereocenters. The van der Waals surface area contributed by atoms with Crippen molar-refractivity contribution >= 4 is 11.8 Å². The van der Waals surface area contributed by atoms with Crippen LogP contribution in [0.15, 0.2) is 48.5 Å². The van der Waals surface area contributed by atoms with Crippen molar-refractivity contribution in [1.29, 1.82) is 0 Å². The van der Waals surface area contributed by atoms with E-state index >= 15 is 0 Å². The minimum atomic E-state index is -1.04. The zero-order valence-electron chi connectivity index (χ0n) is 16.3. The molecule has 0 amide bonds. The van der Waals surface area contributed by atoms with Gasteiger partial charge in [-0.2, -0.15) is 0 Å². The van der Waals surface area contributed by atoms with Gasteiger partial charge in [0.1, 0.15) is 0 Å². The van der Waals surface area contributed by atoms with Crippen LogP contribution in [0.25, 0.3) is 5.69 Å². The molecule has 0 bridgehead atoms. The third kappa shape index (κ3) is 4.32. The smallest absolute Gasteiger partial charge is 0.337 e. The number of aryl methyl sites for hydroxylation is 3. The highest BCUT2D eigenvalue weighted by Crippen LogP contribution is 2.26. The molecule has 0 aliphatic rings. The molecule has 0 saturated heterocycles. The summed E-state index contributed by atoms with van der Waals surface area (Å²) in [6.07, 6.45) is 1.44. The number of aromatic nitrogens is 1. The molecule has 0 aliphatic carbocycles. The molecule has 3 N–H and O–H groups in total. The maximum Gasteiger partial charge on any atom is 0.337 e. The molecular weight excluding hydrogens is 370 g/mol. The quantitative estimate of drug-likeness (QED) is 0.408. The lowest BCUT2D eigenvalue weighted by molar-refractivity contribution is 0.0696. The van der Waals surface area contributed by atoms with Crippen molar-refractivity contribution in [2.45, 2.75) is 33.1 Å². The second-order valence-corrected chi connectivity index (χ2v) is 7.09. The monoisotopic (exact) mass is 393 g/mol. The molecule has 6 nitrogen and oxygen atoms in total. The number of rotatable bonds is 7. The highest BCUT2D eigenvalue weighted by molar-refractivity contribution is 5.99. The van der Waals surface area contributed by atoms with Crippen LogP contribution in [-0.4, -0.2) is 31.6 Å². The molecule has 0 spiro atoms. The van der Waals surface area contributed by atoms with E-state index in [0.29, 0.717) is 24.1 Å². The van der Waals surface area contributed by atoms with E-state index in [9.17, 15) is 24.9 Å². The molecule has 29 heavy (non-hydrogen) atoms. The van der Waals surface area contributed by atoms with Crippen LogP contribution in [0.4, 0.5) is 0 Å². The number of carboxylic acid groups (broad SMARTS) is 1. The third-order valence-corrected chi connectivity index (χ3v) is 4.97. The van der Waals surface area contributed by atoms with Crippen LogP contribution in [0.2, 0.25) is 0 Å². The summed E-state index contributed by atoms with van der Waals surface area (Å²) >= 11 is 0. The second kappa shape index (κ2) is 8.22. The van der Waals surface area contributed by atoms with Gasteiger partial charge in [-0.05, 0) is 68.7 Å². The predicted octanol–water partition coefficient (Wildman–Crippen LogP) is 4.41. The summed E-state index contributed by atoms with van der Waals surface area (Å²) < 4.78 is 1.83. The normalized spacial score (nSPS) is 10.8. The van der Waals surface area contributed by atoms with Crippen molar-refractivity contribution in [2.75, 3.05) is 0 Å². The summed E-state index contributed by atoms with van der Waals surface area (Å²) in [7, 11) is 0. The number of carboxylic acids is 1. The number of phenolic OH excluding ortho intramolecular Hbond substituents is 2. The number of aromatic carboxylic acids is 1. The number of carbonyl (C=O) groups excluding carboxylic acids is 1. The van der Waals surface area contributed by atoms with Gasteiger partial charge < -0.3 is 19.9 Å². The van der Waals surface area contributed by atoms with Crippen LogP contribution < -0.4 is 0 Å². The van der Waals surface area contributed by atoms with Gasteiger partial charge in [-0.15, -0.1) is 0 Å². The summed E-state index contributed by atoms with van der Waals surface area (Å²) in [5.74, 6) is -1.47. The number of nitrogens with zero attached hydrogens (tertiary/aromatic N) is 1. The number of hydrogen-bond acceptors (Lipinski definition) is 4. The minimum Gasteiger partial charge on any atom is -0.504 e. The van der Waals surface area contributed by atoms with Crippen LogP contribution in [0.5, 0.6) is 11.5 Å². The average Bonchev–Trinajstić information content (AvgIpc) is 3.02. The maximum atomic E-state index is 12.7. The summed E-state index contributed by atoms with van der Waals surface area (Å²) in [4.78, 5) is 24.3. The van der Waals surface area contributed by atoms with Crippen LogP contribution in [0, 0.1) is 13.8 Å².